The van der Waals surface area contributed by atoms with Crippen molar-refractivity contribution in [3.8, 4) is 0 Å². The van der Waals surface area contributed by atoms with Crippen LogP contribution in [0.2, 0.25) is 0 Å². The first-order chi connectivity index (χ1) is 13.7. The average molecular weight is 409 g/mol. The van der Waals surface area contributed by atoms with Crippen LogP contribution in [-0.4, -0.2) is 26.2 Å². The monoisotopic (exact) mass is 408 g/mol. The second-order valence-corrected chi connectivity index (χ2v) is 9.43. The van der Waals surface area contributed by atoms with E-state index in [2.05, 4.69) is 15.3 Å². The lowest BCUT2D eigenvalue weighted by molar-refractivity contribution is -0.119. The van der Waals surface area contributed by atoms with Gasteiger partial charge in [-0.2, -0.15) is 0 Å². The molecule has 1 amide bonds. The van der Waals surface area contributed by atoms with Crippen molar-refractivity contribution in [2.24, 2.45) is 5.92 Å². The van der Waals surface area contributed by atoms with Gasteiger partial charge in [-0.3, -0.25) is 19.1 Å². The molecule has 0 fully saturated rings. The Labute approximate surface area is 173 Å². The molecule has 1 aliphatic heterocycles. The molecular weight excluding hydrogens is 384 g/mol. The van der Waals surface area contributed by atoms with E-state index in [0.717, 1.165) is 28.0 Å². The molecule has 1 N–H and O–H groups in total. The molecule has 0 saturated heterocycles. The van der Waals surface area contributed by atoms with Crippen LogP contribution in [0.15, 0.2) is 46.3 Å². The van der Waals surface area contributed by atoms with Gasteiger partial charge >= 0.3 is 0 Å². The fraction of sp³-hybridized carbons (Fsp3) is 0.364. The molecule has 7 heteroatoms. The van der Waals surface area contributed by atoms with Crippen molar-refractivity contribution in [1.82, 2.24) is 14.5 Å². The van der Waals surface area contributed by atoms with Crippen molar-refractivity contribution in [2.45, 2.75) is 44.8 Å². The van der Waals surface area contributed by atoms with Crippen LogP contribution in [0.1, 0.15) is 32.2 Å². The lowest BCUT2D eigenvalue weighted by atomic mass is 9.92. The summed E-state index contributed by atoms with van der Waals surface area (Å²) in [5.74, 6) is 0.192. The minimum Gasteiger partial charge on any atom is -0.325 e. The van der Waals surface area contributed by atoms with E-state index < -0.39 is 0 Å². The topological polar surface area (TPSA) is 76.9 Å². The summed E-state index contributed by atoms with van der Waals surface area (Å²) in [5, 5.41) is 4.63. The molecule has 0 bridgehead atoms. The third kappa shape index (κ3) is 3.92. The van der Waals surface area contributed by atoms with E-state index in [1.165, 1.54) is 11.8 Å². The molecule has 3 heterocycles. The minimum atomic E-state index is -0.304. The zero-order valence-corrected chi connectivity index (χ0v) is 17.8. The number of thioether (sulfide) groups is 1. The van der Waals surface area contributed by atoms with E-state index in [-0.39, 0.29) is 22.8 Å². The van der Waals surface area contributed by atoms with Crippen LogP contribution in [0.3, 0.4) is 0 Å². The lowest BCUT2D eigenvalue weighted by Gasteiger charge is -2.26. The molecule has 1 aromatic carbocycles. The molecule has 150 valence electrons. The van der Waals surface area contributed by atoms with Gasteiger partial charge < -0.3 is 5.32 Å². The van der Waals surface area contributed by atoms with Crippen LogP contribution in [-0.2, 0) is 16.8 Å². The van der Waals surface area contributed by atoms with E-state index in [9.17, 15) is 9.59 Å². The Morgan fingerprint density at radius 1 is 1.21 bits per heavy atom. The molecular formula is C22H24N4O2S. The number of aryl methyl sites for hydroxylation is 1. The van der Waals surface area contributed by atoms with E-state index in [0.29, 0.717) is 17.5 Å². The van der Waals surface area contributed by atoms with Crippen LogP contribution < -0.4 is 10.9 Å². The number of nitrogens with zero attached hydrogens (tertiary/aromatic N) is 3. The number of benzene rings is 1. The Bertz CT molecular complexity index is 1160. The Hall–Kier alpha value is -2.67. The molecule has 6 nitrogen and oxygen atoms in total. The Balaban J connectivity index is 1.57. The van der Waals surface area contributed by atoms with Crippen LogP contribution >= 0.6 is 11.8 Å². The van der Waals surface area contributed by atoms with Gasteiger partial charge in [-0.15, -0.1) is 0 Å². The summed E-state index contributed by atoms with van der Waals surface area (Å²) in [4.78, 5) is 34.8. The zero-order chi connectivity index (χ0) is 20.8. The highest BCUT2D eigenvalue weighted by Gasteiger charge is 2.29. The average Bonchev–Trinajstić information content (AvgIpc) is 2.67. The third-order valence-corrected chi connectivity index (χ3v) is 6.20. The fourth-order valence-electron chi connectivity index (χ4n) is 3.35. The summed E-state index contributed by atoms with van der Waals surface area (Å²) in [6.07, 6.45) is 0. The number of amides is 1. The van der Waals surface area contributed by atoms with Gasteiger partial charge in [0.25, 0.3) is 5.56 Å². The van der Waals surface area contributed by atoms with Gasteiger partial charge in [0, 0.05) is 34.9 Å². The molecule has 2 aromatic heterocycles. The number of aromatic nitrogens is 3. The highest BCUT2D eigenvalue weighted by atomic mass is 32.2. The maximum absolute atomic E-state index is 12.9. The quantitative estimate of drug-likeness (QED) is 0.654. The number of pyridine rings is 1. The van der Waals surface area contributed by atoms with Gasteiger partial charge in [0.15, 0.2) is 5.16 Å². The first-order valence-electron chi connectivity index (χ1n) is 9.65. The molecule has 1 atom stereocenters. The molecule has 0 aliphatic carbocycles. The van der Waals surface area contributed by atoms with E-state index in [1.807, 2.05) is 58.0 Å². The van der Waals surface area contributed by atoms with Gasteiger partial charge in [0.1, 0.15) is 0 Å². The van der Waals surface area contributed by atoms with Crippen molar-refractivity contribution in [2.75, 3.05) is 11.1 Å². The molecule has 1 unspecified atom stereocenters. The van der Waals surface area contributed by atoms with Gasteiger partial charge in [0.05, 0.1) is 22.8 Å². The number of rotatable bonds is 2. The highest BCUT2D eigenvalue weighted by molar-refractivity contribution is 7.99. The summed E-state index contributed by atoms with van der Waals surface area (Å²) >= 11 is 1.46. The molecule has 0 radical (unpaired) electrons. The summed E-state index contributed by atoms with van der Waals surface area (Å²) in [7, 11) is 0. The molecule has 3 aromatic rings. The first-order valence-corrected chi connectivity index (χ1v) is 10.6. The van der Waals surface area contributed by atoms with Crippen molar-refractivity contribution in [3.05, 3.63) is 58.1 Å². The summed E-state index contributed by atoms with van der Waals surface area (Å²) in [6, 6.07) is 11.2. The number of hydrogen-bond donors (Lipinski definition) is 1. The predicted molar refractivity (Wildman–Crippen MR) is 117 cm³/mol. The maximum atomic E-state index is 12.9. The zero-order valence-electron chi connectivity index (χ0n) is 17.0. The number of fused-ring (bicyclic) bond motifs is 2. The van der Waals surface area contributed by atoms with E-state index in [4.69, 9.17) is 0 Å². The lowest BCUT2D eigenvalue weighted by Crippen LogP contribution is -2.37. The Morgan fingerprint density at radius 3 is 2.76 bits per heavy atom. The van der Waals surface area contributed by atoms with Crippen molar-refractivity contribution in [1.29, 1.82) is 0 Å². The summed E-state index contributed by atoms with van der Waals surface area (Å²) < 4.78 is 1.61. The number of nitrogens with one attached hydrogen (secondary N) is 1. The van der Waals surface area contributed by atoms with Gasteiger partial charge in [-0.05, 0) is 31.2 Å². The van der Waals surface area contributed by atoms with Crippen LogP contribution in [0.5, 0.6) is 0 Å². The van der Waals surface area contributed by atoms with Crippen molar-refractivity contribution in [3.63, 3.8) is 0 Å². The SMILES string of the molecule is Cc1ccc2c(NC(=O)C3CSc4nc(C(C)(C)C)cc(=O)n4C3)cccc2n1. The Morgan fingerprint density at radius 2 is 2.00 bits per heavy atom. The molecule has 29 heavy (non-hydrogen) atoms. The number of carbonyl (C=O) groups is 1. The molecule has 4 rings (SSSR count). The molecule has 1 aliphatic rings. The number of hydrogen-bond acceptors (Lipinski definition) is 5. The smallest absolute Gasteiger partial charge is 0.254 e. The molecule has 0 spiro atoms. The number of carbonyl (C=O) groups excluding carboxylic acids is 1. The van der Waals surface area contributed by atoms with Crippen molar-refractivity contribution >= 4 is 34.3 Å². The van der Waals surface area contributed by atoms with Crippen LogP contribution in [0.25, 0.3) is 10.9 Å². The third-order valence-electron chi connectivity index (χ3n) is 5.06. The first kappa shape index (κ1) is 19.6. The summed E-state index contributed by atoms with van der Waals surface area (Å²) in [6.45, 7) is 8.40. The van der Waals surface area contributed by atoms with Gasteiger partial charge in [-0.25, -0.2) is 4.98 Å². The minimum absolute atomic E-state index is 0.0944. The number of anilines is 1. The van der Waals surface area contributed by atoms with Crippen molar-refractivity contribution < 1.29 is 4.79 Å². The second-order valence-electron chi connectivity index (χ2n) is 8.44. The Kier molecular flexibility index (Phi) is 4.94. The normalized spacial score (nSPS) is 16.5. The highest BCUT2D eigenvalue weighted by Crippen LogP contribution is 2.29. The standard InChI is InChI=1S/C22H24N4O2S/c1-13-8-9-15-16(23-13)6-5-7-17(15)24-20(28)14-11-26-19(27)10-18(22(2,3)4)25-21(26)29-12-14/h5-10,14H,11-12H2,1-4H3,(H,24,28). The molecule has 0 saturated carbocycles. The largest absolute Gasteiger partial charge is 0.325 e. The van der Waals surface area contributed by atoms with E-state index in [1.54, 1.807) is 10.6 Å². The maximum Gasteiger partial charge on any atom is 0.254 e. The van der Waals surface area contributed by atoms with Gasteiger partial charge in [0.2, 0.25) is 5.91 Å². The fourth-order valence-corrected chi connectivity index (χ4v) is 4.45. The predicted octanol–water partition coefficient (Wildman–Crippen LogP) is 3.76. The summed E-state index contributed by atoms with van der Waals surface area (Å²) in [5.41, 5.74) is 3.01. The van der Waals surface area contributed by atoms with E-state index >= 15 is 0 Å². The van der Waals surface area contributed by atoms with Gasteiger partial charge in [-0.1, -0.05) is 38.6 Å². The van der Waals surface area contributed by atoms with Crippen LogP contribution in [0.4, 0.5) is 5.69 Å². The second kappa shape index (κ2) is 7.30. The van der Waals surface area contributed by atoms with Crippen LogP contribution in [0, 0.1) is 12.8 Å².